The predicted octanol–water partition coefficient (Wildman–Crippen LogP) is 2.37. The Hall–Kier alpha value is -0.990. The second-order valence-corrected chi connectivity index (χ2v) is 6.92. The van der Waals surface area contributed by atoms with Crippen LogP contribution in [0.3, 0.4) is 0 Å². The van der Waals surface area contributed by atoms with Crippen LogP contribution < -0.4 is 4.72 Å². The standard InChI is InChI=1S/C12H15BrFNO4S/c1-2-8(5-12(16)17)7-15-20(18,19)9-3-4-10(13)11(14)6-9/h3-4,6,8,15H,2,5,7H2,1H3,(H,16,17). The van der Waals surface area contributed by atoms with Crippen molar-refractivity contribution in [2.75, 3.05) is 6.54 Å². The van der Waals surface area contributed by atoms with E-state index in [1.54, 1.807) is 6.92 Å². The summed E-state index contributed by atoms with van der Waals surface area (Å²) in [6, 6.07) is 3.48. The van der Waals surface area contributed by atoms with E-state index < -0.39 is 21.8 Å². The van der Waals surface area contributed by atoms with Gasteiger partial charge in [0.25, 0.3) is 0 Å². The van der Waals surface area contributed by atoms with Gasteiger partial charge in [0.1, 0.15) is 5.82 Å². The molecule has 0 saturated heterocycles. The van der Waals surface area contributed by atoms with Gasteiger partial charge in [0, 0.05) is 13.0 Å². The molecule has 8 heteroatoms. The molecule has 1 aromatic rings. The average Bonchev–Trinajstić information content (AvgIpc) is 2.37. The van der Waals surface area contributed by atoms with E-state index in [9.17, 15) is 17.6 Å². The number of hydrogen-bond acceptors (Lipinski definition) is 3. The molecule has 112 valence electrons. The number of aliphatic carboxylic acids is 1. The number of carbonyl (C=O) groups is 1. The summed E-state index contributed by atoms with van der Waals surface area (Å²) < 4.78 is 39.7. The first kappa shape index (κ1) is 17.1. The SMILES string of the molecule is CCC(CNS(=O)(=O)c1ccc(Br)c(F)c1)CC(=O)O. The summed E-state index contributed by atoms with van der Waals surface area (Å²) >= 11 is 2.94. The lowest BCUT2D eigenvalue weighted by Crippen LogP contribution is -2.30. The van der Waals surface area contributed by atoms with Gasteiger partial charge in [-0.25, -0.2) is 17.5 Å². The van der Waals surface area contributed by atoms with Gasteiger partial charge in [-0.3, -0.25) is 4.79 Å². The molecular formula is C12H15BrFNO4S. The number of carboxylic acids is 1. The molecule has 5 nitrogen and oxygen atoms in total. The fourth-order valence-electron chi connectivity index (χ4n) is 1.56. The zero-order chi connectivity index (χ0) is 15.3. The first-order chi connectivity index (χ1) is 9.26. The van der Waals surface area contributed by atoms with Crippen LogP contribution in [0.5, 0.6) is 0 Å². The molecular weight excluding hydrogens is 353 g/mol. The zero-order valence-electron chi connectivity index (χ0n) is 10.8. The average molecular weight is 368 g/mol. The van der Waals surface area contributed by atoms with Gasteiger partial charge >= 0.3 is 5.97 Å². The second kappa shape index (κ2) is 7.14. The van der Waals surface area contributed by atoms with Crippen molar-refractivity contribution in [3.63, 3.8) is 0 Å². The van der Waals surface area contributed by atoms with Crippen LogP contribution in [0.1, 0.15) is 19.8 Å². The molecule has 0 spiro atoms. The molecule has 20 heavy (non-hydrogen) atoms. The van der Waals surface area contributed by atoms with Crippen molar-refractivity contribution in [2.45, 2.75) is 24.7 Å². The van der Waals surface area contributed by atoms with Crippen molar-refractivity contribution in [1.29, 1.82) is 0 Å². The maximum atomic E-state index is 13.3. The highest BCUT2D eigenvalue weighted by Crippen LogP contribution is 2.19. The molecule has 1 atom stereocenters. The smallest absolute Gasteiger partial charge is 0.303 e. The van der Waals surface area contributed by atoms with Crippen LogP contribution in [0, 0.1) is 11.7 Å². The Balaban J connectivity index is 2.79. The lowest BCUT2D eigenvalue weighted by atomic mass is 10.0. The van der Waals surface area contributed by atoms with Gasteiger partial charge < -0.3 is 5.11 Å². The van der Waals surface area contributed by atoms with E-state index in [1.165, 1.54) is 12.1 Å². The maximum Gasteiger partial charge on any atom is 0.303 e. The Morgan fingerprint density at radius 3 is 2.65 bits per heavy atom. The van der Waals surface area contributed by atoms with Crippen molar-refractivity contribution in [3.8, 4) is 0 Å². The third-order valence-electron chi connectivity index (χ3n) is 2.80. The summed E-state index contributed by atoms with van der Waals surface area (Å²) in [5.41, 5.74) is 0. The molecule has 0 saturated carbocycles. The largest absolute Gasteiger partial charge is 0.481 e. The fraction of sp³-hybridized carbons (Fsp3) is 0.417. The molecule has 0 fully saturated rings. The maximum absolute atomic E-state index is 13.3. The van der Waals surface area contributed by atoms with Crippen molar-refractivity contribution in [2.24, 2.45) is 5.92 Å². The molecule has 0 radical (unpaired) electrons. The van der Waals surface area contributed by atoms with E-state index in [1.807, 2.05) is 0 Å². The van der Waals surface area contributed by atoms with E-state index in [0.717, 1.165) is 6.07 Å². The topological polar surface area (TPSA) is 83.5 Å². The molecule has 0 aliphatic heterocycles. The number of nitrogens with one attached hydrogen (secondary N) is 1. The van der Waals surface area contributed by atoms with Gasteiger partial charge in [-0.05, 0) is 40.0 Å². The number of rotatable bonds is 7. The fourth-order valence-corrected chi connectivity index (χ4v) is 2.94. The molecule has 1 unspecified atom stereocenters. The molecule has 2 N–H and O–H groups in total. The second-order valence-electron chi connectivity index (χ2n) is 4.30. The number of hydrogen-bond donors (Lipinski definition) is 2. The number of carboxylic acid groups (broad SMARTS) is 1. The van der Waals surface area contributed by atoms with Crippen LogP contribution in [0.4, 0.5) is 4.39 Å². The minimum absolute atomic E-state index is 0.00279. The minimum Gasteiger partial charge on any atom is -0.481 e. The summed E-state index contributed by atoms with van der Waals surface area (Å²) in [6.07, 6.45) is 0.414. The number of sulfonamides is 1. The van der Waals surface area contributed by atoms with Crippen LogP contribution >= 0.6 is 15.9 Å². The Morgan fingerprint density at radius 1 is 1.50 bits per heavy atom. The van der Waals surface area contributed by atoms with Crippen LogP contribution in [-0.4, -0.2) is 26.0 Å². The molecule has 1 aromatic carbocycles. The van der Waals surface area contributed by atoms with Gasteiger partial charge in [0.2, 0.25) is 10.0 Å². The lowest BCUT2D eigenvalue weighted by Gasteiger charge is -2.14. The van der Waals surface area contributed by atoms with E-state index in [2.05, 4.69) is 20.7 Å². The van der Waals surface area contributed by atoms with Gasteiger partial charge in [-0.1, -0.05) is 13.3 Å². The molecule has 0 amide bonds. The summed E-state index contributed by atoms with van der Waals surface area (Å²) in [7, 11) is -3.84. The molecule has 1 rings (SSSR count). The van der Waals surface area contributed by atoms with Crippen molar-refractivity contribution >= 4 is 31.9 Å². The van der Waals surface area contributed by atoms with Crippen molar-refractivity contribution in [1.82, 2.24) is 4.72 Å². The highest BCUT2D eigenvalue weighted by molar-refractivity contribution is 9.10. The Bertz CT molecular complexity index is 591. The zero-order valence-corrected chi connectivity index (χ0v) is 13.2. The molecule has 0 aliphatic carbocycles. The quantitative estimate of drug-likeness (QED) is 0.774. The Kier molecular flexibility index (Phi) is 6.09. The summed E-state index contributed by atoms with van der Waals surface area (Å²) in [6.45, 7) is 1.78. The highest BCUT2D eigenvalue weighted by Gasteiger charge is 2.19. The Labute approximate surface area is 125 Å². The van der Waals surface area contributed by atoms with Gasteiger partial charge in [0.05, 0.1) is 9.37 Å². The van der Waals surface area contributed by atoms with Crippen molar-refractivity contribution < 1.29 is 22.7 Å². The molecule has 0 aromatic heterocycles. The summed E-state index contributed by atoms with van der Waals surface area (Å²) in [4.78, 5) is 10.4. The first-order valence-electron chi connectivity index (χ1n) is 5.92. The van der Waals surface area contributed by atoms with E-state index in [0.29, 0.717) is 6.42 Å². The van der Waals surface area contributed by atoms with Gasteiger partial charge in [-0.2, -0.15) is 0 Å². The Morgan fingerprint density at radius 2 is 2.15 bits per heavy atom. The third-order valence-corrected chi connectivity index (χ3v) is 4.87. The van der Waals surface area contributed by atoms with Crippen LogP contribution in [-0.2, 0) is 14.8 Å². The lowest BCUT2D eigenvalue weighted by molar-refractivity contribution is -0.138. The minimum atomic E-state index is -3.84. The van der Waals surface area contributed by atoms with E-state index in [4.69, 9.17) is 5.11 Å². The number of halogens is 2. The van der Waals surface area contributed by atoms with Crippen LogP contribution in [0.25, 0.3) is 0 Å². The van der Waals surface area contributed by atoms with Gasteiger partial charge in [-0.15, -0.1) is 0 Å². The van der Waals surface area contributed by atoms with E-state index >= 15 is 0 Å². The van der Waals surface area contributed by atoms with Gasteiger partial charge in [0.15, 0.2) is 0 Å². The normalized spacial score (nSPS) is 13.2. The summed E-state index contributed by atoms with van der Waals surface area (Å²) in [5, 5.41) is 8.70. The molecule has 0 aliphatic rings. The van der Waals surface area contributed by atoms with Crippen LogP contribution in [0.15, 0.2) is 27.6 Å². The van der Waals surface area contributed by atoms with Crippen LogP contribution in [0.2, 0.25) is 0 Å². The monoisotopic (exact) mass is 367 g/mol. The van der Waals surface area contributed by atoms with E-state index in [-0.39, 0.29) is 28.3 Å². The third kappa shape index (κ3) is 4.84. The molecule has 0 heterocycles. The highest BCUT2D eigenvalue weighted by atomic mass is 79.9. The first-order valence-corrected chi connectivity index (χ1v) is 8.20. The van der Waals surface area contributed by atoms with Crippen molar-refractivity contribution in [3.05, 3.63) is 28.5 Å². The predicted molar refractivity (Wildman–Crippen MR) is 75.3 cm³/mol. The molecule has 0 bridgehead atoms. The summed E-state index contributed by atoms with van der Waals surface area (Å²) in [5.74, 6) is -1.96. The number of benzene rings is 1.